The lowest BCUT2D eigenvalue weighted by atomic mass is 10.0. The SMILES string of the molecule is COc1ccc([C@@H](CO)NC(=O)c2ccc3cnc(Nc4ccnn4C)cc3c2)cc1F. The predicted molar refractivity (Wildman–Crippen MR) is 118 cm³/mol. The predicted octanol–water partition coefficient (Wildman–Crippen LogP) is 3.32. The van der Waals surface area contributed by atoms with Crippen molar-refractivity contribution in [3.8, 4) is 5.75 Å². The first-order chi connectivity index (χ1) is 15.5. The highest BCUT2D eigenvalue weighted by Gasteiger charge is 2.17. The average Bonchev–Trinajstić information content (AvgIpc) is 3.20. The van der Waals surface area contributed by atoms with E-state index in [2.05, 4.69) is 20.7 Å². The van der Waals surface area contributed by atoms with Crippen molar-refractivity contribution in [2.24, 2.45) is 7.05 Å². The van der Waals surface area contributed by atoms with Crippen LogP contribution in [0.1, 0.15) is 22.0 Å². The molecule has 0 spiro atoms. The van der Waals surface area contributed by atoms with Gasteiger partial charge in [0.25, 0.3) is 5.91 Å². The van der Waals surface area contributed by atoms with Crippen LogP contribution < -0.4 is 15.4 Å². The number of nitrogens with zero attached hydrogens (tertiary/aromatic N) is 3. The molecule has 0 fully saturated rings. The fraction of sp³-hybridized carbons (Fsp3) is 0.174. The first-order valence-corrected chi connectivity index (χ1v) is 9.88. The van der Waals surface area contributed by atoms with Gasteiger partial charge in [-0.05, 0) is 41.3 Å². The molecule has 8 nitrogen and oxygen atoms in total. The third-order valence-electron chi connectivity index (χ3n) is 5.13. The number of rotatable bonds is 7. The van der Waals surface area contributed by atoms with Gasteiger partial charge < -0.3 is 20.5 Å². The zero-order valence-corrected chi connectivity index (χ0v) is 17.5. The third kappa shape index (κ3) is 4.37. The van der Waals surface area contributed by atoms with E-state index >= 15 is 0 Å². The maximum absolute atomic E-state index is 14.0. The summed E-state index contributed by atoms with van der Waals surface area (Å²) >= 11 is 0. The first-order valence-electron chi connectivity index (χ1n) is 9.88. The molecule has 9 heteroatoms. The molecular formula is C23H22FN5O3. The average molecular weight is 435 g/mol. The molecule has 2 aromatic heterocycles. The van der Waals surface area contributed by atoms with Crippen molar-refractivity contribution in [1.82, 2.24) is 20.1 Å². The number of aromatic nitrogens is 3. The Labute approximate surface area is 183 Å². The Balaban J connectivity index is 1.55. The van der Waals surface area contributed by atoms with Gasteiger partial charge in [0.05, 0.1) is 26.0 Å². The molecule has 0 aliphatic heterocycles. The van der Waals surface area contributed by atoms with Gasteiger partial charge in [0, 0.05) is 30.3 Å². The second kappa shape index (κ2) is 9.03. The molecular weight excluding hydrogens is 413 g/mol. The second-order valence-corrected chi connectivity index (χ2v) is 7.20. The van der Waals surface area contributed by atoms with Gasteiger partial charge in [-0.2, -0.15) is 5.10 Å². The molecule has 0 unspecified atom stereocenters. The van der Waals surface area contributed by atoms with Crippen LogP contribution in [0, 0.1) is 5.82 Å². The monoisotopic (exact) mass is 435 g/mol. The van der Waals surface area contributed by atoms with E-state index in [0.717, 1.165) is 16.6 Å². The molecule has 32 heavy (non-hydrogen) atoms. The summed E-state index contributed by atoms with van der Waals surface area (Å²) in [5.74, 6) is 0.531. The van der Waals surface area contributed by atoms with Gasteiger partial charge in [0.15, 0.2) is 11.6 Å². The molecule has 164 valence electrons. The molecule has 0 saturated heterocycles. The Bertz CT molecular complexity index is 1270. The van der Waals surface area contributed by atoms with E-state index in [9.17, 15) is 14.3 Å². The number of fused-ring (bicyclic) bond motifs is 1. The van der Waals surface area contributed by atoms with Crippen molar-refractivity contribution < 1.29 is 19.0 Å². The van der Waals surface area contributed by atoms with Crippen LogP contribution in [-0.4, -0.2) is 39.5 Å². The number of carbonyl (C=O) groups is 1. The number of hydrogen-bond acceptors (Lipinski definition) is 6. The summed E-state index contributed by atoms with van der Waals surface area (Å²) in [6.45, 7) is -0.381. The molecule has 0 saturated carbocycles. The van der Waals surface area contributed by atoms with E-state index in [0.29, 0.717) is 16.9 Å². The van der Waals surface area contributed by atoms with Crippen LogP contribution in [-0.2, 0) is 7.05 Å². The van der Waals surface area contributed by atoms with Crippen LogP contribution in [0.4, 0.5) is 16.0 Å². The number of nitrogens with one attached hydrogen (secondary N) is 2. The van der Waals surface area contributed by atoms with E-state index in [1.165, 1.54) is 19.2 Å². The summed E-state index contributed by atoms with van der Waals surface area (Å²) in [7, 11) is 3.19. The summed E-state index contributed by atoms with van der Waals surface area (Å²) in [5.41, 5.74) is 0.842. The van der Waals surface area contributed by atoms with Crippen LogP contribution in [0.3, 0.4) is 0 Å². The zero-order chi connectivity index (χ0) is 22.7. The molecule has 2 aromatic carbocycles. The van der Waals surface area contributed by atoms with Crippen LogP contribution in [0.2, 0.25) is 0 Å². The van der Waals surface area contributed by atoms with E-state index in [1.807, 2.05) is 19.2 Å². The molecule has 2 heterocycles. The number of methoxy groups -OCH3 is 1. The fourth-order valence-electron chi connectivity index (χ4n) is 3.35. The summed E-state index contributed by atoms with van der Waals surface area (Å²) < 4.78 is 20.6. The van der Waals surface area contributed by atoms with E-state index in [-0.39, 0.29) is 18.3 Å². The highest BCUT2D eigenvalue weighted by Crippen LogP contribution is 2.24. The van der Waals surface area contributed by atoms with Crippen molar-refractivity contribution >= 4 is 28.3 Å². The van der Waals surface area contributed by atoms with Crippen LogP contribution in [0.15, 0.2) is 60.9 Å². The minimum Gasteiger partial charge on any atom is -0.494 e. The van der Waals surface area contributed by atoms with Crippen molar-refractivity contribution in [2.75, 3.05) is 19.0 Å². The first kappa shape index (κ1) is 21.3. The number of carbonyl (C=O) groups excluding carboxylic acids is 1. The zero-order valence-electron chi connectivity index (χ0n) is 17.5. The van der Waals surface area contributed by atoms with Gasteiger partial charge >= 0.3 is 0 Å². The molecule has 0 aliphatic carbocycles. The summed E-state index contributed by atoms with van der Waals surface area (Å²) in [6, 6.07) is 12.4. The van der Waals surface area contributed by atoms with Crippen LogP contribution in [0.5, 0.6) is 5.75 Å². The molecule has 3 N–H and O–H groups in total. The van der Waals surface area contributed by atoms with Gasteiger partial charge in [-0.3, -0.25) is 9.48 Å². The van der Waals surface area contributed by atoms with Gasteiger partial charge in [-0.25, -0.2) is 9.37 Å². The quantitative estimate of drug-likeness (QED) is 0.412. The molecule has 1 amide bonds. The lowest BCUT2D eigenvalue weighted by Crippen LogP contribution is -2.30. The minimum absolute atomic E-state index is 0.0930. The van der Waals surface area contributed by atoms with Gasteiger partial charge in [-0.1, -0.05) is 12.1 Å². The van der Waals surface area contributed by atoms with Crippen LogP contribution >= 0.6 is 0 Å². The normalized spacial score (nSPS) is 11.9. The van der Waals surface area contributed by atoms with Gasteiger partial charge in [0.2, 0.25) is 0 Å². The Morgan fingerprint density at radius 1 is 1.19 bits per heavy atom. The fourth-order valence-corrected chi connectivity index (χ4v) is 3.35. The summed E-state index contributed by atoms with van der Waals surface area (Å²) in [4.78, 5) is 17.2. The summed E-state index contributed by atoms with van der Waals surface area (Å²) in [6.07, 6.45) is 3.39. The van der Waals surface area contributed by atoms with Gasteiger partial charge in [0.1, 0.15) is 11.6 Å². The lowest BCUT2D eigenvalue weighted by Gasteiger charge is -2.18. The smallest absolute Gasteiger partial charge is 0.251 e. The lowest BCUT2D eigenvalue weighted by molar-refractivity contribution is 0.0916. The van der Waals surface area contributed by atoms with Gasteiger partial charge in [-0.15, -0.1) is 0 Å². The number of aryl methyl sites for hydroxylation is 1. The maximum atomic E-state index is 14.0. The Morgan fingerprint density at radius 3 is 2.72 bits per heavy atom. The van der Waals surface area contributed by atoms with Crippen molar-refractivity contribution in [3.63, 3.8) is 0 Å². The molecule has 4 rings (SSSR count). The Hall–Kier alpha value is -3.98. The van der Waals surface area contributed by atoms with E-state index in [4.69, 9.17) is 4.74 Å². The van der Waals surface area contributed by atoms with Crippen LogP contribution in [0.25, 0.3) is 10.8 Å². The number of amides is 1. The minimum atomic E-state index is -0.766. The Kier molecular flexibility index (Phi) is 6.00. The topological polar surface area (TPSA) is 101 Å². The largest absolute Gasteiger partial charge is 0.494 e. The number of halogens is 1. The molecule has 0 radical (unpaired) electrons. The standard InChI is InChI=1S/C23H22FN5O3/c1-29-22(7-8-26-29)28-21-11-17-9-15(3-4-16(17)12-25-21)23(31)27-19(13-30)14-5-6-20(32-2)18(24)10-14/h3-12,19,30H,13H2,1-2H3,(H,25,28)(H,27,31)/t19-/m1/s1. The van der Waals surface area contributed by atoms with Crippen molar-refractivity contribution in [3.05, 3.63) is 77.9 Å². The van der Waals surface area contributed by atoms with Crippen molar-refractivity contribution in [1.29, 1.82) is 0 Å². The van der Waals surface area contributed by atoms with E-state index < -0.39 is 11.9 Å². The molecule has 1 atom stereocenters. The third-order valence-corrected chi connectivity index (χ3v) is 5.13. The Morgan fingerprint density at radius 2 is 2.03 bits per heavy atom. The molecule has 0 bridgehead atoms. The highest BCUT2D eigenvalue weighted by atomic mass is 19.1. The number of pyridine rings is 1. The number of aliphatic hydroxyl groups is 1. The highest BCUT2D eigenvalue weighted by molar-refractivity contribution is 5.99. The number of anilines is 2. The number of benzene rings is 2. The number of aliphatic hydroxyl groups excluding tert-OH is 1. The number of hydrogen-bond donors (Lipinski definition) is 3. The molecule has 4 aromatic rings. The molecule has 0 aliphatic rings. The number of ether oxygens (including phenoxy) is 1. The summed E-state index contributed by atoms with van der Waals surface area (Å²) in [5, 5.41) is 21.5. The van der Waals surface area contributed by atoms with Crippen molar-refractivity contribution in [2.45, 2.75) is 6.04 Å². The maximum Gasteiger partial charge on any atom is 0.251 e. The second-order valence-electron chi connectivity index (χ2n) is 7.20. The van der Waals surface area contributed by atoms with E-state index in [1.54, 1.807) is 41.3 Å².